The topological polar surface area (TPSA) is 92.6 Å². The Kier molecular flexibility index (Phi) is 6.53. The summed E-state index contributed by atoms with van der Waals surface area (Å²) in [6.07, 6.45) is 1.50. The van der Waals surface area contributed by atoms with Crippen LogP contribution in [0.2, 0.25) is 0 Å². The summed E-state index contributed by atoms with van der Waals surface area (Å²) in [5, 5.41) is 12.2. The van der Waals surface area contributed by atoms with Crippen molar-refractivity contribution >= 4 is 40.9 Å². The fourth-order valence-corrected chi connectivity index (χ4v) is 4.43. The molecule has 1 aromatic heterocycles. The molecule has 3 heterocycles. The Labute approximate surface area is 179 Å². The number of rotatable bonds is 7. The lowest BCUT2D eigenvalue weighted by Gasteiger charge is -2.27. The van der Waals surface area contributed by atoms with Crippen LogP contribution in [0, 0.1) is 0 Å². The lowest BCUT2D eigenvalue weighted by Crippen LogP contribution is -2.38. The molecule has 0 unspecified atom stereocenters. The number of anilines is 3. The smallest absolute Gasteiger partial charge is 0.234 e. The van der Waals surface area contributed by atoms with E-state index in [2.05, 4.69) is 20.4 Å². The molecule has 4 rings (SSSR count). The minimum absolute atomic E-state index is 0.108. The fourth-order valence-electron chi connectivity index (χ4n) is 3.63. The molecule has 0 aliphatic carbocycles. The molecular weight excluding hydrogens is 404 g/mol. The molecule has 2 aliphatic rings. The van der Waals surface area contributed by atoms with Gasteiger partial charge in [-0.15, -0.1) is 10.2 Å². The summed E-state index contributed by atoms with van der Waals surface area (Å²) in [5.41, 5.74) is 1.58. The van der Waals surface area contributed by atoms with Crippen molar-refractivity contribution in [1.82, 2.24) is 14.8 Å². The van der Waals surface area contributed by atoms with E-state index in [0.717, 1.165) is 49.4 Å². The second-order valence-electron chi connectivity index (χ2n) is 7.16. The van der Waals surface area contributed by atoms with E-state index >= 15 is 0 Å². The zero-order valence-electron chi connectivity index (χ0n) is 17.0. The Morgan fingerprint density at radius 1 is 1.17 bits per heavy atom. The summed E-state index contributed by atoms with van der Waals surface area (Å²) in [7, 11) is 0. The first-order valence-corrected chi connectivity index (χ1v) is 11.2. The molecule has 0 saturated carbocycles. The van der Waals surface area contributed by atoms with Gasteiger partial charge < -0.3 is 19.9 Å². The van der Waals surface area contributed by atoms with Crippen molar-refractivity contribution in [2.24, 2.45) is 0 Å². The number of benzene rings is 1. The number of thioether (sulfide) groups is 1. The molecule has 0 bridgehead atoms. The molecular formula is C20H26N6O3S. The van der Waals surface area contributed by atoms with E-state index in [1.165, 1.54) is 11.8 Å². The van der Waals surface area contributed by atoms with Gasteiger partial charge in [-0.1, -0.05) is 11.8 Å². The quantitative estimate of drug-likeness (QED) is 0.672. The van der Waals surface area contributed by atoms with Gasteiger partial charge in [-0.05, 0) is 37.6 Å². The van der Waals surface area contributed by atoms with Crippen LogP contribution in [0.3, 0.4) is 0 Å². The summed E-state index contributed by atoms with van der Waals surface area (Å²) >= 11 is 1.37. The highest BCUT2D eigenvalue weighted by atomic mass is 32.2. The molecule has 9 nitrogen and oxygen atoms in total. The first kappa shape index (κ1) is 20.7. The van der Waals surface area contributed by atoms with Crippen LogP contribution in [0.1, 0.15) is 19.8 Å². The summed E-state index contributed by atoms with van der Waals surface area (Å²) in [6.45, 7) is 6.50. The molecule has 0 radical (unpaired) electrons. The molecule has 1 N–H and O–H groups in total. The number of carbonyl (C=O) groups excluding carboxylic acids is 2. The molecule has 2 fully saturated rings. The Hall–Kier alpha value is -2.59. The van der Waals surface area contributed by atoms with E-state index < -0.39 is 0 Å². The molecule has 0 spiro atoms. The van der Waals surface area contributed by atoms with Crippen LogP contribution >= 0.6 is 11.8 Å². The Bertz CT molecular complexity index is 894. The summed E-state index contributed by atoms with van der Waals surface area (Å²) < 4.78 is 7.43. The largest absolute Gasteiger partial charge is 0.378 e. The molecule has 10 heteroatoms. The Morgan fingerprint density at radius 3 is 2.60 bits per heavy atom. The van der Waals surface area contributed by atoms with Crippen molar-refractivity contribution in [2.45, 2.75) is 31.5 Å². The van der Waals surface area contributed by atoms with Crippen LogP contribution in [0.5, 0.6) is 0 Å². The highest BCUT2D eigenvalue weighted by Gasteiger charge is 2.22. The third-order valence-electron chi connectivity index (χ3n) is 5.18. The van der Waals surface area contributed by atoms with Crippen LogP contribution in [0.25, 0.3) is 0 Å². The van der Waals surface area contributed by atoms with Gasteiger partial charge in [-0.2, -0.15) is 0 Å². The summed E-state index contributed by atoms with van der Waals surface area (Å²) in [4.78, 5) is 28.2. The predicted octanol–water partition coefficient (Wildman–Crippen LogP) is 1.99. The summed E-state index contributed by atoms with van der Waals surface area (Å²) in [6, 6.07) is 7.39. The van der Waals surface area contributed by atoms with Crippen molar-refractivity contribution in [3.63, 3.8) is 0 Å². The monoisotopic (exact) mass is 430 g/mol. The standard InChI is InChI=1S/C20H26N6O3S/c1-2-25-19(24-10-12-29-13-11-24)22-23-20(25)30-14-17(27)21-15-5-7-16(8-6-15)26-9-3-4-18(26)28/h5-8H,2-4,9-14H2,1H3,(H,21,27). The molecule has 160 valence electrons. The molecule has 2 amide bonds. The highest BCUT2D eigenvalue weighted by Crippen LogP contribution is 2.25. The third-order valence-corrected chi connectivity index (χ3v) is 6.14. The molecule has 30 heavy (non-hydrogen) atoms. The van der Waals surface area contributed by atoms with E-state index in [9.17, 15) is 9.59 Å². The summed E-state index contributed by atoms with van der Waals surface area (Å²) in [5.74, 6) is 1.12. The van der Waals surface area contributed by atoms with Crippen LogP contribution in [0.4, 0.5) is 17.3 Å². The number of aromatic nitrogens is 3. The third kappa shape index (κ3) is 4.59. The van der Waals surface area contributed by atoms with Crippen molar-refractivity contribution in [1.29, 1.82) is 0 Å². The number of nitrogens with zero attached hydrogens (tertiary/aromatic N) is 5. The number of amides is 2. The lowest BCUT2D eigenvalue weighted by atomic mass is 10.2. The van der Waals surface area contributed by atoms with E-state index in [4.69, 9.17) is 4.74 Å². The van der Waals surface area contributed by atoms with E-state index in [1.54, 1.807) is 4.90 Å². The SMILES string of the molecule is CCn1c(SCC(=O)Nc2ccc(N3CCCC3=O)cc2)nnc1N1CCOCC1. The number of morpholine rings is 1. The number of hydrogen-bond donors (Lipinski definition) is 1. The van der Waals surface area contributed by atoms with Crippen molar-refractivity contribution in [3.8, 4) is 0 Å². The first-order chi connectivity index (χ1) is 14.7. The van der Waals surface area contributed by atoms with Crippen molar-refractivity contribution < 1.29 is 14.3 Å². The van der Waals surface area contributed by atoms with Gasteiger partial charge >= 0.3 is 0 Å². The fraction of sp³-hybridized carbons (Fsp3) is 0.500. The van der Waals surface area contributed by atoms with Gasteiger partial charge in [-0.3, -0.25) is 14.2 Å². The van der Waals surface area contributed by atoms with Gasteiger partial charge in [0.2, 0.25) is 17.8 Å². The molecule has 2 saturated heterocycles. The maximum atomic E-state index is 12.4. The average molecular weight is 431 g/mol. The van der Waals surface area contributed by atoms with Crippen molar-refractivity contribution in [2.75, 3.05) is 53.7 Å². The maximum absolute atomic E-state index is 12.4. The van der Waals surface area contributed by atoms with Crippen LogP contribution < -0.4 is 15.1 Å². The van der Waals surface area contributed by atoms with E-state index in [0.29, 0.717) is 25.3 Å². The molecule has 2 aliphatic heterocycles. The molecule has 0 atom stereocenters. The van der Waals surface area contributed by atoms with Crippen molar-refractivity contribution in [3.05, 3.63) is 24.3 Å². The van der Waals surface area contributed by atoms with E-state index in [-0.39, 0.29) is 17.6 Å². The van der Waals surface area contributed by atoms with Gasteiger partial charge in [0.25, 0.3) is 0 Å². The Balaban J connectivity index is 1.32. The molecule has 2 aromatic rings. The minimum Gasteiger partial charge on any atom is -0.378 e. The lowest BCUT2D eigenvalue weighted by molar-refractivity contribution is -0.117. The van der Waals surface area contributed by atoms with Gasteiger partial charge in [0, 0.05) is 44.0 Å². The van der Waals surface area contributed by atoms with Gasteiger partial charge in [0.1, 0.15) is 0 Å². The number of ether oxygens (including phenoxy) is 1. The molecule has 1 aromatic carbocycles. The number of carbonyl (C=O) groups is 2. The average Bonchev–Trinajstić information content (AvgIpc) is 3.39. The first-order valence-electron chi connectivity index (χ1n) is 10.2. The predicted molar refractivity (Wildman–Crippen MR) is 116 cm³/mol. The second kappa shape index (κ2) is 9.48. The van der Waals surface area contributed by atoms with Gasteiger partial charge in [0.15, 0.2) is 5.16 Å². The van der Waals surface area contributed by atoms with E-state index in [1.807, 2.05) is 35.8 Å². The second-order valence-corrected chi connectivity index (χ2v) is 8.10. The normalized spacial score (nSPS) is 16.9. The Morgan fingerprint density at radius 2 is 1.93 bits per heavy atom. The van der Waals surface area contributed by atoms with Gasteiger partial charge in [-0.25, -0.2) is 0 Å². The van der Waals surface area contributed by atoms with Crippen LogP contribution in [-0.4, -0.2) is 65.2 Å². The maximum Gasteiger partial charge on any atom is 0.234 e. The van der Waals surface area contributed by atoms with Gasteiger partial charge in [0.05, 0.1) is 19.0 Å². The zero-order chi connectivity index (χ0) is 20.9. The van der Waals surface area contributed by atoms with Crippen LogP contribution in [0.15, 0.2) is 29.4 Å². The highest BCUT2D eigenvalue weighted by molar-refractivity contribution is 7.99. The minimum atomic E-state index is -0.108. The number of nitrogens with one attached hydrogen (secondary N) is 1. The zero-order valence-corrected chi connectivity index (χ0v) is 17.9. The number of hydrogen-bond acceptors (Lipinski definition) is 7. The van der Waals surface area contributed by atoms with Crippen LogP contribution in [-0.2, 0) is 20.9 Å².